The van der Waals surface area contributed by atoms with Crippen LogP contribution in [-0.2, 0) is 30.8 Å². The second-order valence-corrected chi connectivity index (χ2v) is 16.0. The van der Waals surface area contributed by atoms with E-state index in [1.807, 2.05) is 48.0 Å². The highest BCUT2D eigenvalue weighted by molar-refractivity contribution is 7.89. The van der Waals surface area contributed by atoms with Crippen molar-refractivity contribution >= 4 is 15.7 Å². The minimum absolute atomic E-state index is 0.0289. The first-order valence-corrected chi connectivity index (χ1v) is 20.5. The first-order chi connectivity index (χ1) is 26.3. The molecule has 1 aromatic heterocycles. The van der Waals surface area contributed by atoms with Gasteiger partial charge in [-0.05, 0) is 80.1 Å². The molecule has 1 saturated heterocycles. The van der Waals surface area contributed by atoms with Crippen molar-refractivity contribution < 1.29 is 32.1 Å². The molecule has 2 aliphatic heterocycles. The van der Waals surface area contributed by atoms with Gasteiger partial charge in [-0.25, -0.2) is 18.1 Å². The number of anilines is 1. The van der Waals surface area contributed by atoms with Gasteiger partial charge in [-0.15, -0.1) is 0 Å². The summed E-state index contributed by atoms with van der Waals surface area (Å²) in [4.78, 5) is 6.81. The second kappa shape index (κ2) is 19.0. The molecule has 6 rings (SSSR count). The molecule has 0 radical (unpaired) electrons. The number of piperidine rings is 1. The van der Waals surface area contributed by atoms with E-state index in [2.05, 4.69) is 40.1 Å². The Balaban J connectivity index is 1.31. The predicted molar refractivity (Wildman–Crippen MR) is 208 cm³/mol. The Labute approximate surface area is 320 Å². The number of hydrogen-bond acceptors (Lipinski definition) is 10. The minimum atomic E-state index is -3.88. The van der Waals surface area contributed by atoms with Gasteiger partial charge < -0.3 is 28.6 Å². The number of sulfonamides is 1. The summed E-state index contributed by atoms with van der Waals surface area (Å²) in [6, 6.07) is 21.1. The van der Waals surface area contributed by atoms with Crippen LogP contribution in [0, 0.1) is 6.92 Å². The third-order valence-electron chi connectivity index (χ3n) is 10.5. The molecule has 0 spiro atoms. The summed E-state index contributed by atoms with van der Waals surface area (Å²) in [7, 11) is -0.469. The van der Waals surface area contributed by atoms with E-state index in [-0.39, 0.29) is 29.4 Å². The average molecular weight is 762 g/mol. The van der Waals surface area contributed by atoms with E-state index in [0.717, 1.165) is 66.2 Å². The van der Waals surface area contributed by atoms with Crippen LogP contribution in [0.2, 0.25) is 0 Å². The smallest absolute Gasteiger partial charge is 0.243 e. The van der Waals surface area contributed by atoms with Crippen LogP contribution in [0.3, 0.4) is 0 Å². The molecule has 3 heterocycles. The van der Waals surface area contributed by atoms with E-state index in [4.69, 9.17) is 23.7 Å². The molecule has 0 bridgehead atoms. The second-order valence-electron chi connectivity index (χ2n) is 14.2. The fraction of sp³-hybridized carbons (Fsp3) is 0.512. The van der Waals surface area contributed by atoms with Crippen molar-refractivity contribution in [2.45, 2.75) is 81.6 Å². The highest BCUT2D eigenvalue weighted by atomic mass is 32.2. The Kier molecular flexibility index (Phi) is 14.0. The van der Waals surface area contributed by atoms with E-state index in [0.29, 0.717) is 45.9 Å². The maximum Gasteiger partial charge on any atom is 0.243 e. The third kappa shape index (κ3) is 9.80. The maximum atomic E-state index is 14.6. The molecule has 2 aliphatic rings. The zero-order valence-corrected chi connectivity index (χ0v) is 32.8. The molecule has 4 atom stereocenters. The Hall–Kier alpha value is -4.01. The van der Waals surface area contributed by atoms with Crippen molar-refractivity contribution in [3.63, 3.8) is 0 Å². The summed E-state index contributed by atoms with van der Waals surface area (Å²) in [6.07, 6.45) is 6.47. The Bertz CT molecular complexity index is 1840. The quantitative estimate of drug-likeness (QED) is 0.0993. The molecule has 1 fully saturated rings. The lowest BCUT2D eigenvalue weighted by Crippen LogP contribution is -2.52. The molecule has 4 aromatic rings. The Morgan fingerprint density at radius 2 is 1.74 bits per heavy atom. The van der Waals surface area contributed by atoms with E-state index < -0.39 is 16.1 Å². The van der Waals surface area contributed by atoms with Gasteiger partial charge in [-0.2, -0.15) is 9.40 Å². The van der Waals surface area contributed by atoms with Crippen molar-refractivity contribution in [2.24, 2.45) is 0 Å². The number of rotatable bonds is 19. The molecule has 292 valence electrons. The number of aromatic nitrogens is 3. The van der Waals surface area contributed by atoms with Crippen LogP contribution in [0.4, 0.5) is 5.69 Å². The van der Waals surface area contributed by atoms with Gasteiger partial charge >= 0.3 is 0 Å². The minimum Gasteiger partial charge on any atom is -0.494 e. The van der Waals surface area contributed by atoms with E-state index in [9.17, 15) is 8.42 Å². The van der Waals surface area contributed by atoms with Gasteiger partial charge in [-0.3, -0.25) is 0 Å². The van der Waals surface area contributed by atoms with Crippen molar-refractivity contribution in [1.82, 2.24) is 19.1 Å². The first kappa shape index (κ1) is 39.7. The van der Waals surface area contributed by atoms with Gasteiger partial charge in [0, 0.05) is 58.9 Å². The van der Waals surface area contributed by atoms with Crippen LogP contribution in [0.25, 0.3) is 0 Å². The topological polar surface area (TPSA) is 117 Å². The summed E-state index contributed by atoms with van der Waals surface area (Å²) in [5, 5.41) is 4.44. The number of nitrogens with zero attached hydrogens (tertiary/aromatic N) is 5. The van der Waals surface area contributed by atoms with Gasteiger partial charge in [0.05, 0.1) is 42.5 Å². The van der Waals surface area contributed by atoms with E-state index in [1.165, 1.54) is 6.33 Å². The van der Waals surface area contributed by atoms with E-state index in [1.54, 1.807) is 37.0 Å². The zero-order chi connectivity index (χ0) is 37.9. The van der Waals surface area contributed by atoms with Crippen LogP contribution < -0.4 is 14.4 Å². The fourth-order valence-corrected chi connectivity index (χ4v) is 9.18. The SMILES string of the molecule is CC[C@H](C[C@H]1C[C@H](c2ccc(OCCCOC)cc2)[C@@H](OCc2ccc3c(c2)N(CCCOC)CCO3)CN1S(=O)(=O)c1ccc(C)cc1)n1cncn1. The van der Waals surface area contributed by atoms with Crippen LogP contribution in [0.15, 0.2) is 84.3 Å². The summed E-state index contributed by atoms with van der Waals surface area (Å²) in [6.45, 7) is 8.78. The molecule has 0 unspecified atom stereocenters. The number of benzene rings is 3. The summed E-state index contributed by atoms with van der Waals surface area (Å²) < 4.78 is 62.1. The summed E-state index contributed by atoms with van der Waals surface area (Å²) in [5.74, 6) is 1.56. The van der Waals surface area contributed by atoms with Crippen LogP contribution in [0.1, 0.15) is 67.7 Å². The van der Waals surface area contributed by atoms with Gasteiger partial charge in [0.1, 0.15) is 30.8 Å². The molecule has 0 aliphatic carbocycles. The van der Waals surface area contributed by atoms with Gasteiger partial charge in [0.2, 0.25) is 10.0 Å². The Morgan fingerprint density at radius 1 is 0.963 bits per heavy atom. The van der Waals surface area contributed by atoms with Crippen molar-refractivity contribution in [2.75, 3.05) is 65.2 Å². The number of hydrogen-bond donors (Lipinski definition) is 0. The lowest BCUT2D eigenvalue weighted by Gasteiger charge is -2.44. The van der Waals surface area contributed by atoms with Crippen LogP contribution >= 0.6 is 0 Å². The molecular weight excluding hydrogens is 707 g/mol. The fourth-order valence-electron chi connectivity index (χ4n) is 7.52. The molecular formula is C41H55N5O7S. The van der Waals surface area contributed by atoms with E-state index >= 15 is 0 Å². The van der Waals surface area contributed by atoms with Gasteiger partial charge in [-0.1, -0.05) is 42.8 Å². The lowest BCUT2D eigenvalue weighted by molar-refractivity contribution is -0.0227. The zero-order valence-electron chi connectivity index (χ0n) is 32.0. The highest BCUT2D eigenvalue weighted by Crippen LogP contribution is 2.41. The van der Waals surface area contributed by atoms with Gasteiger partial charge in [0.15, 0.2) is 0 Å². The summed E-state index contributed by atoms with van der Waals surface area (Å²) >= 11 is 0. The maximum absolute atomic E-state index is 14.6. The monoisotopic (exact) mass is 761 g/mol. The first-order valence-electron chi connectivity index (χ1n) is 19.1. The average Bonchev–Trinajstić information content (AvgIpc) is 3.73. The number of methoxy groups -OCH3 is 2. The molecule has 0 N–H and O–H groups in total. The molecule has 0 amide bonds. The van der Waals surface area contributed by atoms with Crippen molar-refractivity contribution in [1.29, 1.82) is 0 Å². The summed E-state index contributed by atoms with van der Waals surface area (Å²) in [5.41, 5.74) is 4.13. The van der Waals surface area contributed by atoms with Crippen LogP contribution in [0.5, 0.6) is 11.5 Å². The number of ether oxygens (including phenoxy) is 5. The predicted octanol–water partition coefficient (Wildman–Crippen LogP) is 6.41. The number of fused-ring (bicyclic) bond motifs is 1. The molecule has 0 saturated carbocycles. The normalized spacial score (nSPS) is 19.6. The molecule has 13 heteroatoms. The van der Waals surface area contributed by atoms with Crippen LogP contribution in [-0.4, -0.2) is 99.9 Å². The standard InChI is InChI=1S/C41H55N5O7S/c1-5-34(45-30-42-29-43-45)25-35-26-38(33-11-13-36(14-12-33)51-22-7-21-50-4)41(27-46(35)54(47,48)37-15-8-31(2)9-16-37)53-28-32-10-17-40-39(24-32)44(19-23-52-40)18-6-20-49-3/h8-17,24,29-30,34-35,38,41H,5-7,18-23,25-28H2,1-4H3/t34-,35+,38-,41+/m1/s1. The highest BCUT2D eigenvalue weighted by Gasteiger charge is 2.44. The molecule has 54 heavy (non-hydrogen) atoms. The lowest BCUT2D eigenvalue weighted by atomic mass is 9.82. The van der Waals surface area contributed by atoms with Gasteiger partial charge in [0.25, 0.3) is 0 Å². The Morgan fingerprint density at radius 3 is 2.46 bits per heavy atom. The van der Waals surface area contributed by atoms with Crippen molar-refractivity contribution in [3.05, 3.63) is 96.1 Å². The number of aryl methyl sites for hydroxylation is 1. The van der Waals surface area contributed by atoms with Crippen molar-refractivity contribution in [3.8, 4) is 11.5 Å². The molecule has 12 nitrogen and oxygen atoms in total. The third-order valence-corrected chi connectivity index (χ3v) is 12.4. The molecule has 3 aromatic carbocycles. The largest absolute Gasteiger partial charge is 0.494 e.